The van der Waals surface area contributed by atoms with Crippen molar-refractivity contribution in [3.05, 3.63) is 124 Å². The van der Waals surface area contributed by atoms with E-state index in [0.29, 0.717) is 5.70 Å². The van der Waals surface area contributed by atoms with Gasteiger partial charge in [-0.15, -0.1) is 0 Å². The number of nitrogens with zero attached hydrogens (tertiary/aromatic N) is 1. The van der Waals surface area contributed by atoms with E-state index in [1.807, 2.05) is 73.0 Å². The number of aromatic amines is 3. The highest BCUT2D eigenvalue weighted by Gasteiger charge is 2.17. The Labute approximate surface area is 195 Å². The van der Waals surface area contributed by atoms with Gasteiger partial charge in [-0.05, 0) is 78.2 Å². The van der Waals surface area contributed by atoms with E-state index in [4.69, 9.17) is 0 Å². The molecule has 4 aromatic rings. The molecule has 0 fully saturated rings. The van der Waals surface area contributed by atoms with Crippen LogP contribution in [-0.2, 0) is 4.79 Å². The van der Waals surface area contributed by atoms with Crippen molar-refractivity contribution in [1.82, 2.24) is 20.3 Å². The summed E-state index contributed by atoms with van der Waals surface area (Å²) in [7, 11) is 0. The van der Waals surface area contributed by atoms with Gasteiger partial charge in [0.25, 0.3) is 0 Å². The van der Waals surface area contributed by atoms with E-state index >= 15 is 0 Å². The number of hydrogen-bond donors (Lipinski definition) is 4. The lowest BCUT2D eigenvalue weighted by Gasteiger charge is -1.99. The lowest BCUT2D eigenvalue weighted by atomic mass is 10.2. The van der Waals surface area contributed by atoms with Crippen molar-refractivity contribution in [3.63, 3.8) is 0 Å². The summed E-state index contributed by atoms with van der Waals surface area (Å²) in [5.41, 5.74) is 6.09. The number of allylic oxidation sites excluding steroid dienone is 5. The van der Waals surface area contributed by atoms with Gasteiger partial charge in [-0.3, -0.25) is 4.79 Å². The van der Waals surface area contributed by atoms with Crippen LogP contribution in [0.4, 0.5) is 0 Å². The fraction of sp³-hybridized carbons (Fsp3) is 0. The van der Waals surface area contributed by atoms with Crippen molar-refractivity contribution >= 4 is 40.6 Å². The van der Waals surface area contributed by atoms with Crippen molar-refractivity contribution in [2.75, 3.05) is 0 Å². The van der Waals surface area contributed by atoms with Gasteiger partial charge in [-0.1, -0.05) is 18.2 Å². The summed E-state index contributed by atoms with van der Waals surface area (Å²) < 4.78 is 0. The fourth-order valence-electron chi connectivity index (χ4n) is 4.05. The molecule has 0 radical (unpaired) electrons. The summed E-state index contributed by atoms with van der Waals surface area (Å²) in [6.07, 6.45) is 15.1. The first kappa shape index (κ1) is 19.8. The average Bonchev–Trinajstić information content (AvgIpc) is 3.64. The van der Waals surface area contributed by atoms with Crippen LogP contribution in [0.2, 0.25) is 0 Å². The van der Waals surface area contributed by atoms with Crippen molar-refractivity contribution in [1.29, 1.82) is 0 Å². The number of carbonyl (C=O) groups is 1. The number of carbonyl (C=O) groups excluding carboxylic acids is 1. The van der Waals surface area contributed by atoms with Crippen molar-refractivity contribution < 1.29 is 4.79 Å². The molecule has 0 aliphatic carbocycles. The van der Waals surface area contributed by atoms with E-state index in [9.17, 15) is 4.79 Å². The highest BCUT2D eigenvalue weighted by molar-refractivity contribution is 6.16. The fourth-order valence-corrected chi connectivity index (χ4v) is 4.05. The second-order valence-electron chi connectivity index (χ2n) is 8.18. The van der Waals surface area contributed by atoms with Crippen molar-refractivity contribution in [3.8, 4) is 0 Å². The molecule has 6 heterocycles. The van der Waals surface area contributed by atoms with Crippen LogP contribution in [0.1, 0.15) is 11.4 Å². The number of ketones is 1. The highest BCUT2D eigenvalue weighted by atomic mass is 16.1. The van der Waals surface area contributed by atoms with Gasteiger partial charge in [0.05, 0.1) is 17.1 Å². The molecule has 6 heteroatoms. The van der Waals surface area contributed by atoms with Gasteiger partial charge in [0.2, 0.25) is 5.78 Å². The predicted molar refractivity (Wildman–Crippen MR) is 136 cm³/mol. The minimum Gasteiger partial charge on any atom is -0.361 e. The second kappa shape index (κ2) is 8.26. The van der Waals surface area contributed by atoms with E-state index in [1.54, 1.807) is 12.2 Å². The molecule has 0 atom stereocenters. The summed E-state index contributed by atoms with van der Waals surface area (Å²) in [6.45, 7) is 0. The zero-order chi connectivity index (χ0) is 22.9. The number of fused-ring (bicyclic) bond motifs is 8. The molecule has 4 N–H and O–H groups in total. The molecule has 0 amide bonds. The Morgan fingerprint density at radius 2 is 1.53 bits per heavy atom. The van der Waals surface area contributed by atoms with E-state index < -0.39 is 0 Å². The van der Waals surface area contributed by atoms with E-state index in [1.165, 1.54) is 10.9 Å². The van der Waals surface area contributed by atoms with Gasteiger partial charge in [0, 0.05) is 45.6 Å². The summed E-state index contributed by atoms with van der Waals surface area (Å²) in [5, 5.41) is 6.34. The Hall–Kier alpha value is -4.84. The number of aliphatic imine (C=N–C) groups is 1. The van der Waals surface area contributed by atoms with E-state index in [-0.39, 0.29) is 5.78 Å². The molecule has 8 bridgehead atoms. The summed E-state index contributed by atoms with van der Waals surface area (Å²) >= 11 is 0. The molecule has 6 nitrogen and oxygen atoms in total. The van der Waals surface area contributed by atoms with Crippen molar-refractivity contribution in [2.45, 2.75) is 0 Å². The predicted octanol–water partition coefficient (Wildman–Crippen LogP) is 3.43. The number of H-pyrrole nitrogens is 3. The molecule has 1 aromatic carbocycles. The third-order valence-electron chi connectivity index (χ3n) is 5.66. The Bertz CT molecular complexity index is 1670. The summed E-state index contributed by atoms with van der Waals surface area (Å²) in [6, 6.07) is 18.3. The quantitative estimate of drug-likeness (QED) is 0.336. The third-order valence-corrected chi connectivity index (χ3v) is 5.66. The summed E-state index contributed by atoms with van der Waals surface area (Å²) in [4.78, 5) is 26.5. The highest BCUT2D eigenvalue weighted by Crippen LogP contribution is 2.17. The van der Waals surface area contributed by atoms with E-state index in [2.05, 4.69) is 43.5 Å². The first-order valence-electron chi connectivity index (χ1n) is 11.0. The molecular formula is C28H21N5O. The molecule has 0 spiro atoms. The molecule has 0 saturated heterocycles. The molecule has 164 valence electrons. The Morgan fingerprint density at radius 1 is 0.706 bits per heavy atom. The first-order chi connectivity index (χ1) is 16.7. The van der Waals surface area contributed by atoms with Crippen LogP contribution in [-0.4, -0.2) is 26.4 Å². The van der Waals surface area contributed by atoms with Crippen LogP contribution >= 0.6 is 0 Å². The van der Waals surface area contributed by atoms with Gasteiger partial charge in [0.1, 0.15) is 0 Å². The van der Waals surface area contributed by atoms with Gasteiger partial charge in [-0.2, -0.15) is 0 Å². The first-order valence-corrected chi connectivity index (χ1v) is 11.0. The maximum atomic E-state index is 12.2. The zero-order valence-corrected chi connectivity index (χ0v) is 18.2. The molecule has 0 unspecified atom stereocenters. The number of aromatic nitrogens is 3. The summed E-state index contributed by atoms with van der Waals surface area (Å²) in [5.74, 6) is -0.0453. The standard InChI is InChI=1S/C20H14N4O.C8H7N/c25-20-11-18-9-16-4-3-14(22-16)7-12-1-2-13(21-12)8-15-5-6-17(23-15)10-19(20)24-18;1-2-4-8-7(3-1)5-6-9-8/h1-11,21-22,24H;1-6,9H/b14-7-,15-8-,16-9-,19-10-;. The number of para-hydroxylation sites is 1. The van der Waals surface area contributed by atoms with Crippen LogP contribution in [0.5, 0.6) is 0 Å². The largest absolute Gasteiger partial charge is 0.361 e. The van der Waals surface area contributed by atoms with Gasteiger partial charge < -0.3 is 20.3 Å². The Morgan fingerprint density at radius 3 is 2.41 bits per heavy atom. The van der Waals surface area contributed by atoms with Crippen LogP contribution < -0.4 is 16.0 Å². The number of nitrogens with one attached hydrogen (secondary N) is 4. The Balaban J connectivity index is 0.000000202. The second-order valence-corrected chi connectivity index (χ2v) is 8.18. The molecule has 0 saturated carbocycles. The molecule has 34 heavy (non-hydrogen) atoms. The number of hydrogen-bond acceptors (Lipinski definition) is 3. The maximum Gasteiger partial charge on any atom is 0.204 e. The monoisotopic (exact) mass is 443 g/mol. The number of rotatable bonds is 0. The lowest BCUT2D eigenvalue weighted by molar-refractivity contribution is -0.111. The van der Waals surface area contributed by atoms with Crippen LogP contribution in [0, 0.1) is 0 Å². The topological polar surface area (TPSA) is 88.8 Å². The smallest absolute Gasteiger partial charge is 0.204 e. The Kier molecular flexibility index (Phi) is 4.81. The molecule has 3 aromatic heterocycles. The number of benzene rings is 1. The molecular weight excluding hydrogens is 422 g/mol. The lowest BCUT2D eigenvalue weighted by Crippen LogP contribution is -2.14. The van der Waals surface area contributed by atoms with Crippen LogP contribution in [0.25, 0.3) is 29.1 Å². The molecule has 7 rings (SSSR count). The van der Waals surface area contributed by atoms with Crippen LogP contribution in [0.3, 0.4) is 0 Å². The SMILES string of the molecule is O=C1C=C2/C=c3/cc/c([nH]3)=C/c3ccc([nH]3)/C=C3/C=CC(=N3)/C=C/1N2.c1ccc2[nH]ccc2c1. The average molecular weight is 444 g/mol. The van der Waals surface area contributed by atoms with Gasteiger partial charge >= 0.3 is 0 Å². The van der Waals surface area contributed by atoms with Gasteiger partial charge in [-0.25, -0.2) is 4.99 Å². The minimum absolute atomic E-state index is 0.0453. The third kappa shape index (κ3) is 4.12. The maximum absolute atomic E-state index is 12.2. The van der Waals surface area contributed by atoms with Crippen LogP contribution in [0.15, 0.2) is 107 Å². The van der Waals surface area contributed by atoms with Gasteiger partial charge in [0.15, 0.2) is 0 Å². The zero-order valence-electron chi connectivity index (χ0n) is 18.2. The normalized spacial score (nSPS) is 20.9. The van der Waals surface area contributed by atoms with Crippen molar-refractivity contribution in [2.24, 2.45) is 4.99 Å². The molecule has 3 aliphatic rings. The van der Waals surface area contributed by atoms with E-state index in [0.717, 1.165) is 39.2 Å². The molecule has 3 aliphatic heterocycles. The minimum atomic E-state index is -0.0453.